The first-order chi connectivity index (χ1) is 8.20. The van der Waals surface area contributed by atoms with Crippen LogP contribution >= 0.6 is 0 Å². The average molecular weight is 231 g/mol. The van der Waals surface area contributed by atoms with Crippen molar-refractivity contribution in [2.45, 2.75) is 20.4 Å². The van der Waals surface area contributed by atoms with E-state index in [4.69, 9.17) is 0 Å². The van der Waals surface area contributed by atoms with E-state index in [1.54, 1.807) is 6.20 Å². The number of aryl methyl sites for hydroxylation is 2. The first-order valence-electron chi connectivity index (χ1n) is 5.73. The largest absolute Gasteiger partial charge is 0.331 e. The lowest BCUT2D eigenvalue weighted by Crippen LogP contribution is -2.14. The maximum absolute atomic E-state index is 4.52. The summed E-state index contributed by atoms with van der Waals surface area (Å²) in [5.74, 6) is 1.48. The number of aromatic nitrogens is 4. The molecule has 0 radical (unpaired) electrons. The van der Waals surface area contributed by atoms with Gasteiger partial charge in [-0.25, -0.2) is 15.0 Å². The van der Waals surface area contributed by atoms with Crippen LogP contribution in [-0.4, -0.2) is 26.1 Å². The summed E-state index contributed by atoms with van der Waals surface area (Å²) in [6.07, 6.45) is 3.65. The smallest absolute Gasteiger partial charge is 0.196 e. The third-order valence-corrected chi connectivity index (χ3v) is 2.48. The molecule has 1 N–H and O–H groups in total. The number of rotatable bonds is 4. The van der Waals surface area contributed by atoms with E-state index < -0.39 is 0 Å². The van der Waals surface area contributed by atoms with Gasteiger partial charge in [-0.1, -0.05) is 6.92 Å². The second-order valence-corrected chi connectivity index (χ2v) is 3.97. The van der Waals surface area contributed by atoms with Gasteiger partial charge in [-0.15, -0.1) is 0 Å². The lowest BCUT2D eigenvalue weighted by atomic mass is 10.3. The van der Waals surface area contributed by atoms with Crippen molar-refractivity contribution in [3.05, 3.63) is 29.8 Å². The van der Waals surface area contributed by atoms with Crippen molar-refractivity contribution in [2.75, 3.05) is 6.54 Å². The van der Waals surface area contributed by atoms with Gasteiger partial charge in [0.2, 0.25) is 0 Å². The summed E-state index contributed by atoms with van der Waals surface area (Å²) in [6, 6.07) is 2.00. The lowest BCUT2D eigenvalue weighted by Gasteiger charge is -2.06. The van der Waals surface area contributed by atoms with Gasteiger partial charge in [0.15, 0.2) is 11.6 Å². The van der Waals surface area contributed by atoms with E-state index in [2.05, 4.69) is 27.2 Å². The maximum atomic E-state index is 4.52. The van der Waals surface area contributed by atoms with Crippen LogP contribution < -0.4 is 5.32 Å². The van der Waals surface area contributed by atoms with Crippen molar-refractivity contribution in [1.29, 1.82) is 0 Å². The fourth-order valence-corrected chi connectivity index (χ4v) is 1.66. The Morgan fingerprint density at radius 3 is 2.82 bits per heavy atom. The second-order valence-electron chi connectivity index (χ2n) is 3.97. The molecule has 0 atom stereocenters. The molecular weight excluding hydrogens is 214 g/mol. The number of nitrogens with one attached hydrogen (secondary N) is 1. The van der Waals surface area contributed by atoms with Crippen molar-refractivity contribution in [3.8, 4) is 11.6 Å². The molecule has 0 bridgehead atoms. The SMILES string of the molecule is CCNCc1cc(C)nc(-c2nccn2C)n1. The van der Waals surface area contributed by atoms with Gasteiger partial charge in [0.25, 0.3) is 0 Å². The van der Waals surface area contributed by atoms with Crippen LogP contribution in [0.2, 0.25) is 0 Å². The van der Waals surface area contributed by atoms with Crippen molar-refractivity contribution in [1.82, 2.24) is 24.8 Å². The summed E-state index contributed by atoms with van der Waals surface area (Å²) in [5.41, 5.74) is 1.96. The van der Waals surface area contributed by atoms with E-state index in [9.17, 15) is 0 Å². The quantitative estimate of drug-likeness (QED) is 0.861. The van der Waals surface area contributed by atoms with Crippen molar-refractivity contribution in [3.63, 3.8) is 0 Å². The van der Waals surface area contributed by atoms with Crippen LogP contribution in [-0.2, 0) is 13.6 Å². The molecule has 2 heterocycles. The molecule has 17 heavy (non-hydrogen) atoms. The van der Waals surface area contributed by atoms with Gasteiger partial charge >= 0.3 is 0 Å². The summed E-state index contributed by atoms with van der Waals surface area (Å²) in [7, 11) is 1.94. The molecule has 0 spiro atoms. The lowest BCUT2D eigenvalue weighted by molar-refractivity contribution is 0.706. The number of hydrogen-bond acceptors (Lipinski definition) is 4. The summed E-state index contributed by atoms with van der Waals surface area (Å²) in [6.45, 7) is 5.75. The molecule has 0 aliphatic heterocycles. The Morgan fingerprint density at radius 1 is 1.35 bits per heavy atom. The summed E-state index contributed by atoms with van der Waals surface area (Å²) in [5, 5.41) is 3.26. The molecule has 2 aromatic heterocycles. The van der Waals surface area contributed by atoms with Gasteiger partial charge < -0.3 is 9.88 Å². The molecule has 0 saturated heterocycles. The Labute approximate surface area is 101 Å². The standard InChI is InChI=1S/C12H17N5/c1-4-13-8-10-7-9(2)15-11(16-10)12-14-5-6-17(12)3/h5-7,13H,4,8H2,1-3H3. The molecule has 90 valence electrons. The molecule has 2 rings (SSSR count). The van der Waals surface area contributed by atoms with Gasteiger partial charge in [0, 0.05) is 31.7 Å². The Morgan fingerprint density at radius 2 is 2.18 bits per heavy atom. The fourth-order valence-electron chi connectivity index (χ4n) is 1.66. The predicted molar refractivity (Wildman–Crippen MR) is 66.4 cm³/mol. The Kier molecular flexibility index (Phi) is 3.49. The van der Waals surface area contributed by atoms with E-state index in [-0.39, 0.29) is 0 Å². The van der Waals surface area contributed by atoms with Crippen molar-refractivity contribution >= 4 is 0 Å². The highest BCUT2D eigenvalue weighted by molar-refractivity contribution is 5.44. The Balaban J connectivity index is 2.35. The van der Waals surface area contributed by atoms with Crippen LogP contribution in [0.25, 0.3) is 11.6 Å². The fraction of sp³-hybridized carbons (Fsp3) is 0.417. The molecular formula is C12H17N5. The second kappa shape index (κ2) is 5.05. The van der Waals surface area contributed by atoms with E-state index >= 15 is 0 Å². The van der Waals surface area contributed by atoms with Crippen molar-refractivity contribution < 1.29 is 0 Å². The highest BCUT2D eigenvalue weighted by Gasteiger charge is 2.08. The van der Waals surface area contributed by atoms with Gasteiger partial charge in [0.1, 0.15) is 0 Å². The molecule has 0 aromatic carbocycles. The summed E-state index contributed by atoms with van der Waals surface area (Å²) >= 11 is 0. The monoisotopic (exact) mass is 231 g/mol. The summed E-state index contributed by atoms with van der Waals surface area (Å²) < 4.78 is 1.92. The van der Waals surface area contributed by atoms with Crippen LogP contribution in [0.5, 0.6) is 0 Å². The summed E-state index contributed by atoms with van der Waals surface area (Å²) in [4.78, 5) is 13.2. The first-order valence-corrected chi connectivity index (χ1v) is 5.73. The highest BCUT2D eigenvalue weighted by Crippen LogP contribution is 2.12. The molecule has 0 amide bonds. The van der Waals surface area contributed by atoms with E-state index in [1.165, 1.54) is 0 Å². The van der Waals surface area contributed by atoms with Crippen LogP contribution in [0.1, 0.15) is 18.3 Å². The third-order valence-electron chi connectivity index (χ3n) is 2.48. The molecule has 5 nitrogen and oxygen atoms in total. The van der Waals surface area contributed by atoms with E-state index in [0.717, 1.165) is 30.3 Å². The molecule has 0 saturated carbocycles. The molecule has 0 aliphatic rings. The van der Waals surface area contributed by atoms with E-state index in [0.29, 0.717) is 5.82 Å². The van der Waals surface area contributed by atoms with Gasteiger partial charge in [-0.2, -0.15) is 0 Å². The van der Waals surface area contributed by atoms with Crippen LogP contribution in [0.15, 0.2) is 18.5 Å². The number of hydrogen-bond donors (Lipinski definition) is 1. The minimum absolute atomic E-state index is 0.686. The predicted octanol–water partition coefficient (Wildman–Crippen LogP) is 1.30. The first kappa shape index (κ1) is 11.7. The Bertz CT molecular complexity index is 503. The Hall–Kier alpha value is -1.75. The topological polar surface area (TPSA) is 55.6 Å². The maximum Gasteiger partial charge on any atom is 0.196 e. The normalized spacial score (nSPS) is 10.8. The van der Waals surface area contributed by atoms with Gasteiger partial charge in [-0.3, -0.25) is 0 Å². The average Bonchev–Trinajstić information content (AvgIpc) is 2.72. The zero-order valence-corrected chi connectivity index (χ0v) is 10.4. The molecule has 2 aromatic rings. The zero-order chi connectivity index (χ0) is 12.3. The van der Waals surface area contributed by atoms with Gasteiger partial charge in [0.05, 0.1) is 5.69 Å². The number of imidazole rings is 1. The zero-order valence-electron chi connectivity index (χ0n) is 10.4. The van der Waals surface area contributed by atoms with Crippen LogP contribution in [0.3, 0.4) is 0 Å². The van der Waals surface area contributed by atoms with Crippen LogP contribution in [0.4, 0.5) is 0 Å². The molecule has 0 aliphatic carbocycles. The van der Waals surface area contributed by atoms with Crippen molar-refractivity contribution in [2.24, 2.45) is 7.05 Å². The van der Waals surface area contributed by atoms with E-state index in [1.807, 2.05) is 30.8 Å². The minimum atomic E-state index is 0.686. The van der Waals surface area contributed by atoms with Crippen LogP contribution in [0, 0.1) is 6.92 Å². The highest BCUT2D eigenvalue weighted by atomic mass is 15.1. The third kappa shape index (κ3) is 2.68. The molecule has 0 unspecified atom stereocenters. The van der Waals surface area contributed by atoms with Gasteiger partial charge in [-0.05, 0) is 19.5 Å². The minimum Gasteiger partial charge on any atom is -0.331 e. The number of nitrogens with zero attached hydrogens (tertiary/aromatic N) is 4. The molecule has 5 heteroatoms. The molecule has 0 fully saturated rings.